The van der Waals surface area contributed by atoms with Crippen LogP contribution in [0.5, 0.6) is 11.5 Å². The fourth-order valence-corrected chi connectivity index (χ4v) is 4.08. The molecule has 0 spiro atoms. The third kappa shape index (κ3) is 3.61. The number of halogens is 1. The summed E-state index contributed by atoms with van der Waals surface area (Å²) < 4.78 is 10.7. The molecule has 2 fully saturated rings. The van der Waals surface area contributed by atoms with E-state index in [4.69, 9.17) is 26.8 Å². The number of nitrogens with two attached hydrogens (primary N) is 1. The SMILES string of the molecule is COc1cc(CN2C[C@@H]3CCN(C)[C@@H]3C2)cc(Cl)c1OCC(N)=O. The topological polar surface area (TPSA) is 68.0 Å². The lowest BCUT2D eigenvalue weighted by Gasteiger charge is -2.21. The summed E-state index contributed by atoms with van der Waals surface area (Å²) in [6.07, 6.45) is 1.28. The number of methoxy groups -OCH3 is 1. The molecular formula is C17H24ClN3O3. The van der Waals surface area contributed by atoms with Gasteiger partial charge in [-0.25, -0.2) is 0 Å². The van der Waals surface area contributed by atoms with Crippen LogP contribution in [0.1, 0.15) is 12.0 Å². The Balaban J connectivity index is 1.70. The van der Waals surface area contributed by atoms with Gasteiger partial charge in [-0.2, -0.15) is 0 Å². The number of benzene rings is 1. The van der Waals surface area contributed by atoms with E-state index in [1.165, 1.54) is 13.0 Å². The number of carbonyl (C=O) groups is 1. The number of hydrogen-bond donors (Lipinski definition) is 1. The van der Waals surface area contributed by atoms with Crippen molar-refractivity contribution in [2.45, 2.75) is 19.0 Å². The minimum absolute atomic E-state index is 0.225. The van der Waals surface area contributed by atoms with Gasteiger partial charge < -0.3 is 20.1 Å². The van der Waals surface area contributed by atoms with Crippen LogP contribution in [-0.4, -0.2) is 62.1 Å². The number of likely N-dealkylation sites (tertiary alicyclic amines) is 2. The number of rotatable bonds is 6. The van der Waals surface area contributed by atoms with E-state index in [0.29, 0.717) is 22.6 Å². The van der Waals surface area contributed by atoms with E-state index in [9.17, 15) is 4.79 Å². The van der Waals surface area contributed by atoms with Gasteiger partial charge in [-0.15, -0.1) is 0 Å². The molecule has 0 saturated carbocycles. The summed E-state index contributed by atoms with van der Waals surface area (Å²) in [4.78, 5) is 15.8. The maximum atomic E-state index is 10.9. The molecule has 132 valence electrons. The average Bonchev–Trinajstić information content (AvgIpc) is 3.07. The highest BCUT2D eigenvalue weighted by atomic mass is 35.5. The minimum atomic E-state index is -0.551. The zero-order chi connectivity index (χ0) is 17.3. The molecule has 2 N–H and O–H groups in total. The van der Waals surface area contributed by atoms with Crippen molar-refractivity contribution < 1.29 is 14.3 Å². The van der Waals surface area contributed by atoms with Crippen molar-refractivity contribution in [3.05, 3.63) is 22.7 Å². The molecule has 1 aromatic rings. The zero-order valence-electron chi connectivity index (χ0n) is 14.1. The van der Waals surface area contributed by atoms with E-state index >= 15 is 0 Å². The number of carbonyl (C=O) groups excluding carboxylic acids is 1. The first-order valence-corrected chi connectivity index (χ1v) is 8.56. The fraction of sp³-hybridized carbons (Fsp3) is 0.588. The van der Waals surface area contributed by atoms with Crippen LogP contribution in [-0.2, 0) is 11.3 Å². The summed E-state index contributed by atoms with van der Waals surface area (Å²) in [5.41, 5.74) is 6.19. The number of amides is 1. The fourth-order valence-electron chi connectivity index (χ4n) is 3.79. The molecule has 3 rings (SSSR count). The molecule has 2 atom stereocenters. The van der Waals surface area contributed by atoms with Crippen molar-refractivity contribution in [1.82, 2.24) is 9.80 Å². The van der Waals surface area contributed by atoms with Gasteiger partial charge in [0, 0.05) is 25.7 Å². The van der Waals surface area contributed by atoms with E-state index in [-0.39, 0.29) is 6.61 Å². The van der Waals surface area contributed by atoms with Gasteiger partial charge in [0.25, 0.3) is 5.91 Å². The Hall–Kier alpha value is -1.50. The Kier molecular flexibility index (Phi) is 5.18. The smallest absolute Gasteiger partial charge is 0.255 e. The van der Waals surface area contributed by atoms with Gasteiger partial charge >= 0.3 is 0 Å². The summed E-state index contributed by atoms with van der Waals surface area (Å²) in [5, 5.41) is 0.433. The standard InChI is InChI=1S/C17H24ClN3O3/c1-20-4-3-12-8-21(9-14(12)20)7-11-5-13(18)17(15(6-11)23-2)24-10-16(19)22/h5-6,12,14H,3-4,7-10H2,1-2H3,(H2,19,22)/t12-,14+/m0/s1. The summed E-state index contributed by atoms with van der Waals surface area (Å²) >= 11 is 6.32. The van der Waals surface area contributed by atoms with Crippen molar-refractivity contribution in [3.63, 3.8) is 0 Å². The molecule has 6 nitrogen and oxygen atoms in total. The predicted octanol–water partition coefficient (Wildman–Crippen LogP) is 1.35. The lowest BCUT2D eigenvalue weighted by molar-refractivity contribution is -0.119. The molecule has 2 heterocycles. The summed E-state index contributed by atoms with van der Waals surface area (Å²) in [7, 11) is 3.76. The predicted molar refractivity (Wildman–Crippen MR) is 92.5 cm³/mol. The monoisotopic (exact) mass is 353 g/mol. The number of ether oxygens (including phenoxy) is 2. The van der Waals surface area contributed by atoms with Gasteiger partial charge in [0.05, 0.1) is 12.1 Å². The Morgan fingerprint density at radius 3 is 2.88 bits per heavy atom. The third-order valence-corrected chi connectivity index (χ3v) is 5.24. The summed E-state index contributed by atoms with van der Waals surface area (Å²) in [5.74, 6) is 1.10. The number of fused-ring (bicyclic) bond motifs is 1. The van der Waals surface area contributed by atoms with Crippen LogP contribution in [0.15, 0.2) is 12.1 Å². The number of primary amides is 1. The molecule has 24 heavy (non-hydrogen) atoms. The molecule has 0 radical (unpaired) electrons. The van der Waals surface area contributed by atoms with E-state index in [0.717, 1.165) is 31.1 Å². The zero-order valence-corrected chi connectivity index (χ0v) is 14.9. The Morgan fingerprint density at radius 1 is 1.42 bits per heavy atom. The molecule has 2 aliphatic heterocycles. The normalized spacial score (nSPS) is 24.1. The highest BCUT2D eigenvalue weighted by Gasteiger charge is 2.39. The number of hydrogen-bond acceptors (Lipinski definition) is 5. The van der Waals surface area contributed by atoms with Crippen molar-refractivity contribution in [1.29, 1.82) is 0 Å². The van der Waals surface area contributed by atoms with Gasteiger partial charge in [-0.1, -0.05) is 11.6 Å². The molecule has 1 aromatic carbocycles. The van der Waals surface area contributed by atoms with E-state index in [1.807, 2.05) is 12.1 Å². The maximum absolute atomic E-state index is 10.9. The van der Waals surface area contributed by atoms with Crippen LogP contribution >= 0.6 is 11.6 Å². The molecule has 2 saturated heterocycles. The van der Waals surface area contributed by atoms with Crippen LogP contribution in [0.25, 0.3) is 0 Å². The highest BCUT2D eigenvalue weighted by molar-refractivity contribution is 6.32. The summed E-state index contributed by atoms with van der Waals surface area (Å²) in [6.45, 7) is 4.01. The van der Waals surface area contributed by atoms with Gasteiger partial charge in [-0.05, 0) is 43.6 Å². The first-order valence-electron chi connectivity index (χ1n) is 8.18. The molecule has 2 aliphatic rings. The second kappa shape index (κ2) is 7.17. The third-order valence-electron chi connectivity index (χ3n) is 4.96. The highest BCUT2D eigenvalue weighted by Crippen LogP contribution is 2.37. The van der Waals surface area contributed by atoms with Crippen molar-refractivity contribution in [2.24, 2.45) is 11.7 Å². The first kappa shape index (κ1) is 17.3. The molecule has 0 aromatic heterocycles. The van der Waals surface area contributed by atoms with Crippen LogP contribution < -0.4 is 15.2 Å². The van der Waals surface area contributed by atoms with Crippen LogP contribution in [0.3, 0.4) is 0 Å². The molecule has 0 aliphatic carbocycles. The molecule has 0 unspecified atom stereocenters. The van der Waals surface area contributed by atoms with Crippen molar-refractivity contribution in [3.8, 4) is 11.5 Å². The molecular weight excluding hydrogens is 330 g/mol. The van der Waals surface area contributed by atoms with Gasteiger partial charge in [-0.3, -0.25) is 9.69 Å². The first-order chi connectivity index (χ1) is 11.5. The minimum Gasteiger partial charge on any atom is -0.493 e. The Bertz CT molecular complexity index is 625. The number of nitrogens with zero attached hydrogens (tertiary/aromatic N) is 2. The maximum Gasteiger partial charge on any atom is 0.255 e. The van der Waals surface area contributed by atoms with Gasteiger partial charge in [0.15, 0.2) is 18.1 Å². The summed E-state index contributed by atoms with van der Waals surface area (Å²) in [6, 6.07) is 4.46. The van der Waals surface area contributed by atoms with Gasteiger partial charge in [0.1, 0.15) is 0 Å². The molecule has 7 heteroatoms. The van der Waals surface area contributed by atoms with Crippen LogP contribution in [0, 0.1) is 5.92 Å². The molecule has 0 bridgehead atoms. The van der Waals surface area contributed by atoms with Crippen LogP contribution in [0.4, 0.5) is 0 Å². The van der Waals surface area contributed by atoms with Crippen molar-refractivity contribution >= 4 is 17.5 Å². The quantitative estimate of drug-likeness (QED) is 0.836. The van der Waals surface area contributed by atoms with E-state index < -0.39 is 5.91 Å². The van der Waals surface area contributed by atoms with Crippen molar-refractivity contribution in [2.75, 3.05) is 40.4 Å². The number of likely N-dealkylation sites (N-methyl/N-ethyl adjacent to an activating group) is 1. The van der Waals surface area contributed by atoms with E-state index in [2.05, 4.69) is 16.8 Å². The average molecular weight is 354 g/mol. The van der Waals surface area contributed by atoms with Gasteiger partial charge in [0.2, 0.25) is 0 Å². The Labute approximate surface area is 147 Å². The molecule has 1 amide bonds. The largest absolute Gasteiger partial charge is 0.493 e. The van der Waals surface area contributed by atoms with Crippen LogP contribution in [0.2, 0.25) is 5.02 Å². The Morgan fingerprint density at radius 2 is 2.21 bits per heavy atom. The lowest BCUT2D eigenvalue weighted by atomic mass is 10.1. The van der Waals surface area contributed by atoms with E-state index in [1.54, 1.807) is 7.11 Å². The second-order valence-corrected chi connectivity index (χ2v) is 7.06. The lowest BCUT2D eigenvalue weighted by Crippen LogP contribution is -2.31. The second-order valence-electron chi connectivity index (χ2n) is 6.65.